The SMILES string of the molecule is Cc1ccc(CC(N)C(=O)O)cc1. The van der Waals surface area contributed by atoms with Gasteiger partial charge in [0.15, 0.2) is 0 Å². The predicted molar refractivity (Wildman–Crippen MR) is 50.5 cm³/mol. The Morgan fingerprint density at radius 1 is 1.46 bits per heavy atom. The van der Waals surface area contributed by atoms with Gasteiger partial charge in [-0.05, 0) is 18.9 Å². The van der Waals surface area contributed by atoms with E-state index in [4.69, 9.17) is 10.8 Å². The number of rotatable bonds is 3. The molecule has 0 spiro atoms. The van der Waals surface area contributed by atoms with Crippen LogP contribution in [-0.2, 0) is 11.2 Å². The van der Waals surface area contributed by atoms with E-state index < -0.39 is 12.0 Å². The minimum Gasteiger partial charge on any atom is -0.480 e. The van der Waals surface area contributed by atoms with Crippen LogP contribution in [0.25, 0.3) is 0 Å². The molecule has 13 heavy (non-hydrogen) atoms. The maximum atomic E-state index is 10.4. The topological polar surface area (TPSA) is 63.3 Å². The van der Waals surface area contributed by atoms with Gasteiger partial charge in [-0.25, -0.2) is 0 Å². The zero-order chi connectivity index (χ0) is 9.84. The van der Waals surface area contributed by atoms with Crippen molar-refractivity contribution in [3.63, 3.8) is 0 Å². The maximum Gasteiger partial charge on any atom is 0.320 e. The average molecular weight is 179 g/mol. The van der Waals surface area contributed by atoms with Gasteiger partial charge in [0, 0.05) is 0 Å². The summed E-state index contributed by atoms with van der Waals surface area (Å²) in [6.45, 7) is 1.99. The molecule has 0 bridgehead atoms. The molecule has 3 nitrogen and oxygen atoms in total. The lowest BCUT2D eigenvalue weighted by Gasteiger charge is -2.05. The van der Waals surface area contributed by atoms with Crippen LogP contribution in [0.15, 0.2) is 24.3 Å². The van der Waals surface area contributed by atoms with Crippen LogP contribution in [0, 0.1) is 6.92 Å². The number of carbonyl (C=O) groups is 1. The van der Waals surface area contributed by atoms with Crippen molar-refractivity contribution in [2.75, 3.05) is 0 Å². The third-order valence-electron chi connectivity index (χ3n) is 1.89. The van der Waals surface area contributed by atoms with Crippen LogP contribution in [-0.4, -0.2) is 17.1 Å². The molecule has 0 amide bonds. The van der Waals surface area contributed by atoms with E-state index in [0.29, 0.717) is 6.42 Å². The summed E-state index contributed by atoms with van der Waals surface area (Å²) in [4.78, 5) is 10.4. The summed E-state index contributed by atoms with van der Waals surface area (Å²) in [5.41, 5.74) is 7.51. The van der Waals surface area contributed by atoms with Crippen LogP contribution in [0.1, 0.15) is 11.1 Å². The Bertz CT molecular complexity index is 292. The first-order valence-corrected chi connectivity index (χ1v) is 4.13. The molecule has 0 saturated heterocycles. The normalized spacial score (nSPS) is 12.5. The Balaban J connectivity index is 2.64. The maximum absolute atomic E-state index is 10.4. The van der Waals surface area contributed by atoms with E-state index in [1.165, 1.54) is 0 Å². The van der Waals surface area contributed by atoms with Gasteiger partial charge in [0.25, 0.3) is 0 Å². The molecule has 1 aromatic carbocycles. The highest BCUT2D eigenvalue weighted by molar-refractivity contribution is 5.73. The van der Waals surface area contributed by atoms with Crippen molar-refractivity contribution in [2.24, 2.45) is 5.73 Å². The quantitative estimate of drug-likeness (QED) is 0.726. The van der Waals surface area contributed by atoms with Crippen LogP contribution in [0.2, 0.25) is 0 Å². The fourth-order valence-corrected chi connectivity index (χ4v) is 1.07. The molecule has 1 atom stereocenters. The zero-order valence-corrected chi connectivity index (χ0v) is 7.53. The summed E-state index contributed by atoms with van der Waals surface area (Å²) < 4.78 is 0. The van der Waals surface area contributed by atoms with Crippen LogP contribution in [0.5, 0.6) is 0 Å². The molecule has 0 saturated carbocycles. The van der Waals surface area contributed by atoms with Crippen molar-refractivity contribution < 1.29 is 9.90 Å². The highest BCUT2D eigenvalue weighted by atomic mass is 16.4. The van der Waals surface area contributed by atoms with Crippen LogP contribution in [0.4, 0.5) is 0 Å². The molecule has 3 N–H and O–H groups in total. The van der Waals surface area contributed by atoms with Crippen LogP contribution >= 0.6 is 0 Å². The number of hydrogen-bond donors (Lipinski definition) is 2. The predicted octanol–water partition coefficient (Wildman–Crippen LogP) is 0.949. The summed E-state index contributed by atoms with van der Waals surface area (Å²) in [5, 5.41) is 8.57. The summed E-state index contributed by atoms with van der Waals surface area (Å²) in [7, 11) is 0. The third kappa shape index (κ3) is 2.87. The van der Waals surface area contributed by atoms with Crippen molar-refractivity contribution in [3.05, 3.63) is 35.4 Å². The number of carboxylic acid groups (broad SMARTS) is 1. The average Bonchev–Trinajstić information content (AvgIpc) is 2.08. The monoisotopic (exact) mass is 179 g/mol. The Hall–Kier alpha value is -1.35. The van der Waals surface area contributed by atoms with Crippen molar-refractivity contribution in [3.8, 4) is 0 Å². The highest BCUT2D eigenvalue weighted by Gasteiger charge is 2.11. The third-order valence-corrected chi connectivity index (χ3v) is 1.89. The molecule has 1 unspecified atom stereocenters. The van der Waals surface area contributed by atoms with Gasteiger partial charge >= 0.3 is 5.97 Å². The van der Waals surface area contributed by atoms with Gasteiger partial charge in [-0.3, -0.25) is 4.79 Å². The summed E-state index contributed by atoms with van der Waals surface area (Å²) in [6, 6.07) is 6.90. The van der Waals surface area contributed by atoms with Gasteiger partial charge in [-0.1, -0.05) is 29.8 Å². The van der Waals surface area contributed by atoms with Crippen LogP contribution in [0.3, 0.4) is 0 Å². The second-order valence-corrected chi connectivity index (χ2v) is 3.13. The van der Waals surface area contributed by atoms with Gasteiger partial charge in [0.05, 0.1) is 0 Å². The largest absolute Gasteiger partial charge is 0.480 e. The molecule has 0 aliphatic heterocycles. The molecule has 0 aliphatic carbocycles. The highest BCUT2D eigenvalue weighted by Crippen LogP contribution is 2.05. The molecule has 3 heteroatoms. The Kier molecular flexibility index (Phi) is 3.03. The van der Waals surface area contributed by atoms with Gasteiger partial charge < -0.3 is 10.8 Å². The molecule has 0 heterocycles. The molecule has 1 rings (SSSR count). The number of aryl methyl sites for hydroxylation is 1. The van der Waals surface area contributed by atoms with Crippen molar-refractivity contribution in [2.45, 2.75) is 19.4 Å². The van der Waals surface area contributed by atoms with Gasteiger partial charge in [0.2, 0.25) is 0 Å². The Morgan fingerprint density at radius 3 is 2.46 bits per heavy atom. The lowest BCUT2D eigenvalue weighted by atomic mass is 10.1. The van der Waals surface area contributed by atoms with Gasteiger partial charge in [-0.2, -0.15) is 0 Å². The van der Waals surface area contributed by atoms with Gasteiger partial charge in [-0.15, -0.1) is 0 Å². The second-order valence-electron chi connectivity index (χ2n) is 3.13. The minimum absolute atomic E-state index is 0.385. The minimum atomic E-state index is -0.958. The van der Waals surface area contributed by atoms with E-state index in [-0.39, 0.29) is 0 Å². The standard InChI is InChI=1S/C10H13NO2/c1-7-2-4-8(5-3-7)6-9(11)10(12)13/h2-5,9H,6,11H2,1H3,(H,12,13). The van der Waals surface area contributed by atoms with Crippen molar-refractivity contribution >= 4 is 5.97 Å². The smallest absolute Gasteiger partial charge is 0.320 e. The van der Waals surface area contributed by atoms with E-state index in [9.17, 15) is 4.79 Å². The van der Waals surface area contributed by atoms with Crippen LogP contribution < -0.4 is 5.73 Å². The number of benzene rings is 1. The first-order chi connectivity index (χ1) is 6.09. The molecule has 0 radical (unpaired) electrons. The Labute approximate surface area is 77.2 Å². The molecular weight excluding hydrogens is 166 g/mol. The molecule has 0 aromatic heterocycles. The molecule has 0 aliphatic rings. The molecular formula is C10H13NO2. The Morgan fingerprint density at radius 2 is 2.00 bits per heavy atom. The van der Waals surface area contributed by atoms with E-state index >= 15 is 0 Å². The first-order valence-electron chi connectivity index (χ1n) is 4.13. The van der Waals surface area contributed by atoms with Crippen molar-refractivity contribution in [1.82, 2.24) is 0 Å². The van der Waals surface area contributed by atoms with Gasteiger partial charge in [0.1, 0.15) is 6.04 Å². The molecule has 1 aromatic rings. The molecule has 70 valence electrons. The van der Waals surface area contributed by atoms with E-state index in [2.05, 4.69) is 0 Å². The number of hydrogen-bond acceptors (Lipinski definition) is 2. The lowest BCUT2D eigenvalue weighted by Crippen LogP contribution is -2.32. The summed E-state index contributed by atoms with van der Waals surface area (Å²) in [6.07, 6.45) is 0.385. The number of nitrogens with two attached hydrogens (primary N) is 1. The number of carboxylic acids is 1. The summed E-state index contributed by atoms with van der Waals surface area (Å²) in [5.74, 6) is -0.958. The van der Waals surface area contributed by atoms with Crippen molar-refractivity contribution in [1.29, 1.82) is 0 Å². The fraction of sp³-hybridized carbons (Fsp3) is 0.300. The zero-order valence-electron chi connectivity index (χ0n) is 7.53. The summed E-state index contributed by atoms with van der Waals surface area (Å²) >= 11 is 0. The van der Waals surface area contributed by atoms with E-state index in [0.717, 1.165) is 11.1 Å². The number of aliphatic carboxylic acids is 1. The lowest BCUT2D eigenvalue weighted by molar-refractivity contribution is -0.138. The van der Waals surface area contributed by atoms with E-state index in [1.54, 1.807) is 0 Å². The molecule has 0 fully saturated rings. The first kappa shape index (κ1) is 9.74. The van der Waals surface area contributed by atoms with E-state index in [1.807, 2.05) is 31.2 Å². The second kappa shape index (κ2) is 4.05. The fourth-order valence-electron chi connectivity index (χ4n) is 1.07.